The third-order valence-electron chi connectivity index (χ3n) is 8.58. The van der Waals surface area contributed by atoms with E-state index in [0.717, 1.165) is 22.9 Å². The molecule has 48 heavy (non-hydrogen) atoms. The van der Waals surface area contributed by atoms with Gasteiger partial charge in [-0.2, -0.15) is 0 Å². The molecule has 11 nitrogen and oxygen atoms in total. The molecule has 0 radical (unpaired) electrons. The fourth-order valence-electron chi connectivity index (χ4n) is 5.97. The molecule has 5 aromatic rings. The minimum absolute atomic E-state index is 0.00510. The number of hydrogen-bond donors (Lipinski definition) is 3. The number of carbonyl (C=O) groups is 1. The molecule has 3 aromatic carbocycles. The highest BCUT2D eigenvalue weighted by molar-refractivity contribution is 5.99. The summed E-state index contributed by atoms with van der Waals surface area (Å²) in [6, 6.07) is 24.6. The predicted octanol–water partition coefficient (Wildman–Crippen LogP) is 4.81. The Hall–Kier alpha value is -4.88. The van der Waals surface area contributed by atoms with Gasteiger partial charge < -0.3 is 39.0 Å². The zero-order valence-electron chi connectivity index (χ0n) is 26.9. The number of methoxy groups -OCH3 is 2. The average molecular weight is 657 g/mol. The first-order chi connectivity index (χ1) is 23.2. The van der Waals surface area contributed by atoms with E-state index in [1.807, 2.05) is 78.9 Å². The van der Waals surface area contributed by atoms with Gasteiger partial charge in [0.05, 0.1) is 26.2 Å². The number of anilines is 1. The van der Waals surface area contributed by atoms with Crippen molar-refractivity contribution in [1.29, 1.82) is 0 Å². The second kappa shape index (κ2) is 13.7. The number of ether oxygens (including phenoxy) is 4. The largest absolute Gasteiger partial charge is 0.497 e. The number of aliphatic hydroxyl groups excluding tert-OH is 2. The van der Waals surface area contributed by atoms with Gasteiger partial charge in [-0.3, -0.25) is 4.79 Å². The van der Waals surface area contributed by atoms with Crippen molar-refractivity contribution < 1.29 is 38.3 Å². The van der Waals surface area contributed by atoms with E-state index in [9.17, 15) is 15.0 Å². The van der Waals surface area contributed by atoms with Crippen LogP contribution in [0.2, 0.25) is 0 Å². The third-order valence-corrected chi connectivity index (χ3v) is 8.58. The summed E-state index contributed by atoms with van der Waals surface area (Å²) in [5, 5.41) is 25.1. The van der Waals surface area contributed by atoms with Crippen LogP contribution in [0.4, 0.5) is 10.2 Å². The Kier molecular flexibility index (Phi) is 9.42. The van der Waals surface area contributed by atoms with Crippen LogP contribution in [0.5, 0.6) is 11.5 Å². The van der Waals surface area contributed by atoms with E-state index < -0.39 is 36.0 Å². The second-order valence-electron chi connectivity index (χ2n) is 11.8. The normalized spacial score (nSPS) is 19.5. The van der Waals surface area contributed by atoms with Crippen molar-refractivity contribution in [2.45, 2.75) is 44.0 Å². The van der Waals surface area contributed by atoms with Gasteiger partial charge >= 0.3 is 0 Å². The first-order valence-electron chi connectivity index (χ1n) is 15.5. The average Bonchev–Trinajstić information content (AvgIpc) is 3.60. The summed E-state index contributed by atoms with van der Waals surface area (Å²) in [6.07, 6.45) is -2.84. The summed E-state index contributed by atoms with van der Waals surface area (Å²) in [6.45, 7) is 3.24. The van der Waals surface area contributed by atoms with Crippen molar-refractivity contribution in [2.24, 2.45) is 5.92 Å². The Morgan fingerprint density at radius 2 is 1.50 bits per heavy atom. The van der Waals surface area contributed by atoms with E-state index in [2.05, 4.69) is 15.3 Å². The molecule has 6 rings (SSSR count). The number of rotatable bonds is 11. The van der Waals surface area contributed by atoms with E-state index in [-0.39, 0.29) is 35.3 Å². The number of aromatic nitrogens is 3. The van der Waals surface area contributed by atoms with Gasteiger partial charge in [0.15, 0.2) is 17.7 Å². The van der Waals surface area contributed by atoms with Crippen molar-refractivity contribution in [3.63, 3.8) is 0 Å². The first-order valence-corrected chi connectivity index (χ1v) is 15.5. The molecule has 0 unspecified atom stereocenters. The molecular formula is C36H37FN4O7. The van der Waals surface area contributed by atoms with Gasteiger partial charge in [-0.05, 0) is 41.0 Å². The highest BCUT2D eigenvalue weighted by Gasteiger charge is 2.47. The maximum Gasteiger partial charge on any atom is 0.228 e. The first kappa shape index (κ1) is 33.0. The molecule has 250 valence electrons. The van der Waals surface area contributed by atoms with E-state index >= 15 is 4.39 Å². The molecule has 1 aliphatic heterocycles. The van der Waals surface area contributed by atoms with E-state index in [0.29, 0.717) is 11.5 Å². The number of nitrogens with one attached hydrogen (secondary N) is 1. The summed E-state index contributed by atoms with van der Waals surface area (Å²) >= 11 is 0. The Morgan fingerprint density at radius 1 is 0.917 bits per heavy atom. The maximum absolute atomic E-state index is 15.4. The Morgan fingerprint density at radius 3 is 2.06 bits per heavy atom. The van der Waals surface area contributed by atoms with Crippen LogP contribution in [0.25, 0.3) is 11.0 Å². The molecule has 0 aliphatic carbocycles. The monoisotopic (exact) mass is 656 g/mol. The SMILES string of the molecule is COc1ccc(C(OC[C@H]2O[C@@H](n3cc(F)c4c(NC(=O)C(C)C)ncnc43)[C@H](O)[C@@H]2O)(c2ccccc2)c2ccc(OC)cc2)cc1. The fourth-order valence-corrected chi connectivity index (χ4v) is 5.97. The zero-order valence-corrected chi connectivity index (χ0v) is 26.9. The molecule has 1 aliphatic rings. The Balaban J connectivity index is 1.36. The van der Waals surface area contributed by atoms with Gasteiger partial charge in [-0.1, -0.05) is 68.4 Å². The summed E-state index contributed by atoms with van der Waals surface area (Å²) in [7, 11) is 3.18. The van der Waals surface area contributed by atoms with Gasteiger partial charge in [0.25, 0.3) is 0 Å². The van der Waals surface area contributed by atoms with Gasteiger partial charge in [-0.25, -0.2) is 14.4 Å². The molecule has 0 spiro atoms. The Labute approximate surface area is 276 Å². The van der Waals surface area contributed by atoms with Crippen LogP contribution in [0.15, 0.2) is 91.4 Å². The van der Waals surface area contributed by atoms with Gasteiger partial charge in [-0.15, -0.1) is 0 Å². The quantitative estimate of drug-likeness (QED) is 0.171. The van der Waals surface area contributed by atoms with Crippen LogP contribution in [0, 0.1) is 11.7 Å². The molecule has 1 saturated heterocycles. The predicted molar refractivity (Wildman–Crippen MR) is 175 cm³/mol. The molecule has 3 N–H and O–H groups in total. The molecule has 0 bridgehead atoms. The van der Waals surface area contributed by atoms with E-state index in [1.54, 1.807) is 28.1 Å². The summed E-state index contributed by atoms with van der Waals surface area (Å²) in [5.74, 6) is -0.112. The number of amides is 1. The van der Waals surface area contributed by atoms with E-state index in [1.165, 1.54) is 10.9 Å². The molecule has 0 saturated carbocycles. The smallest absolute Gasteiger partial charge is 0.228 e. The number of aliphatic hydroxyl groups is 2. The van der Waals surface area contributed by atoms with Crippen LogP contribution < -0.4 is 14.8 Å². The number of hydrogen-bond acceptors (Lipinski definition) is 9. The van der Waals surface area contributed by atoms with Crippen LogP contribution in [-0.4, -0.2) is 69.8 Å². The number of fused-ring (bicyclic) bond motifs is 1. The molecule has 4 atom stereocenters. The molecule has 12 heteroatoms. The van der Waals surface area contributed by atoms with Crippen molar-refractivity contribution in [2.75, 3.05) is 26.1 Å². The molecule has 1 fully saturated rings. The number of nitrogens with zero attached hydrogens (tertiary/aromatic N) is 3. The standard InChI is InChI=1S/C36H37FN4O7/c1-21(2)34(44)40-32-29-27(37)18-41(33(29)39-20-38-32)35-31(43)30(42)28(48-35)19-47-36(22-8-6-5-7-9-22,23-10-14-25(45-3)15-11-23)24-12-16-26(46-4)17-13-24/h5-18,20-21,28,30-31,35,42-43H,19H2,1-4H3,(H,38,39,40,44)/t28-,30-,31-,35-/m1/s1. The van der Waals surface area contributed by atoms with Crippen LogP contribution in [-0.2, 0) is 19.9 Å². The molecule has 1 amide bonds. The minimum Gasteiger partial charge on any atom is -0.497 e. The lowest BCUT2D eigenvalue weighted by molar-refractivity contribution is -0.118. The molecular weight excluding hydrogens is 619 g/mol. The third kappa shape index (κ3) is 5.99. The topological polar surface area (TPSA) is 137 Å². The van der Waals surface area contributed by atoms with Crippen LogP contribution in [0.1, 0.15) is 36.8 Å². The van der Waals surface area contributed by atoms with Crippen molar-refractivity contribution in [3.8, 4) is 11.5 Å². The van der Waals surface area contributed by atoms with Crippen molar-refractivity contribution >= 4 is 22.8 Å². The van der Waals surface area contributed by atoms with Crippen molar-refractivity contribution in [3.05, 3.63) is 114 Å². The highest BCUT2D eigenvalue weighted by atomic mass is 19.1. The summed E-state index contributed by atoms with van der Waals surface area (Å²) in [4.78, 5) is 20.6. The maximum atomic E-state index is 15.4. The van der Waals surface area contributed by atoms with Crippen LogP contribution >= 0.6 is 0 Å². The van der Waals surface area contributed by atoms with Crippen LogP contribution in [0.3, 0.4) is 0 Å². The van der Waals surface area contributed by atoms with Gasteiger partial charge in [0, 0.05) is 12.1 Å². The lowest BCUT2D eigenvalue weighted by Crippen LogP contribution is -2.39. The Bertz CT molecular complexity index is 1820. The second-order valence-corrected chi connectivity index (χ2v) is 11.8. The number of carbonyl (C=O) groups excluding carboxylic acids is 1. The van der Waals surface area contributed by atoms with Crippen molar-refractivity contribution in [1.82, 2.24) is 14.5 Å². The van der Waals surface area contributed by atoms with Gasteiger partial charge in [0.1, 0.15) is 47.6 Å². The molecule has 3 heterocycles. The number of halogens is 1. The van der Waals surface area contributed by atoms with Gasteiger partial charge in [0.2, 0.25) is 5.91 Å². The fraction of sp³-hybridized carbons (Fsp3) is 0.306. The summed E-state index contributed by atoms with van der Waals surface area (Å²) in [5.41, 5.74) is 1.23. The number of benzene rings is 3. The minimum atomic E-state index is -1.47. The highest BCUT2D eigenvalue weighted by Crippen LogP contribution is 2.43. The summed E-state index contributed by atoms with van der Waals surface area (Å²) < 4.78 is 40.6. The zero-order chi connectivity index (χ0) is 34.0. The van der Waals surface area contributed by atoms with E-state index in [4.69, 9.17) is 18.9 Å². The lowest BCUT2D eigenvalue weighted by atomic mass is 9.80. The molecule has 2 aromatic heterocycles. The lowest BCUT2D eigenvalue weighted by Gasteiger charge is -2.37.